The summed E-state index contributed by atoms with van der Waals surface area (Å²) in [6.07, 6.45) is 1.80. The Morgan fingerprint density at radius 3 is 2.67 bits per heavy atom. The third-order valence-electron chi connectivity index (χ3n) is 3.66. The van der Waals surface area contributed by atoms with Gasteiger partial charge in [-0.1, -0.05) is 6.07 Å². The Morgan fingerprint density at radius 2 is 2.10 bits per heavy atom. The number of carboxylic acids is 1. The minimum atomic E-state index is -4.02. The van der Waals surface area contributed by atoms with Gasteiger partial charge in [-0.25, -0.2) is 12.8 Å². The molecule has 1 aliphatic carbocycles. The van der Waals surface area contributed by atoms with Gasteiger partial charge in [0.05, 0.1) is 10.3 Å². The molecule has 1 heterocycles. The number of carboxylic acid groups (broad SMARTS) is 1. The van der Waals surface area contributed by atoms with Gasteiger partial charge in [0.15, 0.2) is 0 Å². The van der Waals surface area contributed by atoms with E-state index in [2.05, 4.69) is 0 Å². The van der Waals surface area contributed by atoms with Crippen LogP contribution in [0.25, 0.3) is 0 Å². The van der Waals surface area contributed by atoms with E-state index in [0.717, 1.165) is 29.3 Å². The molecule has 21 heavy (non-hydrogen) atoms. The Morgan fingerprint density at radius 1 is 1.38 bits per heavy atom. The number of rotatable bonds is 4. The highest BCUT2D eigenvalue weighted by molar-refractivity contribution is 8.01. The molecular formula is C13H14FNO4S2. The van der Waals surface area contributed by atoms with E-state index in [0.29, 0.717) is 0 Å². The minimum absolute atomic E-state index is 0.193. The average molecular weight is 331 g/mol. The highest BCUT2D eigenvalue weighted by Gasteiger charge is 2.51. The molecule has 5 nitrogen and oxygen atoms in total. The van der Waals surface area contributed by atoms with Crippen molar-refractivity contribution in [1.29, 1.82) is 0 Å². The third kappa shape index (κ3) is 2.67. The summed E-state index contributed by atoms with van der Waals surface area (Å²) in [7, 11) is -4.02. The molecule has 3 rings (SSSR count). The van der Waals surface area contributed by atoms with E-state index in [9.17, 15) is 22.7 Å². The lowest BCUT2D eigenvalue weighted by atomic mass is 10.3. The number of sulfonamides is 1. The maximum Gasteiger partial charge on any atom is 0.322 e. The molecule has 2 unspecified atom stereocenters. The fraction of sp³-hybridized carbons (Fsp3) is 0.462. The summed E-state index contributed by atoms with van der Waals surface area (Å²) in [5.74, 6) is -1.39. The zero-order valence-corrected chi connectivity index (χ0v) is 12.6. The highest BCUT2D eigenvalue weighted by atomic mass is 32.2. The summed E-state index contributed by atoms with van der Waals surface area (Å²) in [6.45, 7) is 0. The van der Waals surface area contributed by atoms with Crippen LogP contribution in [0.4, 0.5) is 4.39 Å². The number of benzene rings is 1. The topological polar surface area (TPSA) is 74.7 Å². The number of hydrogen-bond acceptors (Lipinski definition) is 4. The van der Waals surface area contributed by atoms with Crippen LogP contribution < -0.4 is 0 Å². The Labute approximate surface area is 126 Å². The van der Waals surface area contributed by atoms with Crippen molar-refractivity contribution in [2.45, 2.75) is 29.2 Å². The normalized spacial score (nSPS) is 26.9. The SMILES string of the molecule is O=C(O)C1CSC(C2CC2)N1S(=O)(=O)c1cccc(F)c1. The number of thioether (sulfide) groups is 1. The molecule has 2 aliphatic rings. The van der Waals surface area contributed by atoms with E-state index in [-0.39, 0.29) is 21.9 Å². The van der Waals surface area contributed by atoms with Gasteiger partial charge in [0, 0.05) is 5.75 Å². The molecule has 1 aliphatic heterocycles. The molecule has 114 valence electrons. The first-order chi connectivity index (χ1) is 9.91. The lowest BCUT2D eigenvalue weighted by Crippen LogP contribution is -2.46. The van der Waals surface area contributed by atoms with Gasteiger partial charge in [-0.3, -0.25) is 4.79 Å². The molecule has 8 heteroatoms. The molecule has 1 saturated heterocycles. The standard InChI is InChI=1S/C13H14FNO4S2/c14-9-2-1-3-10(6-9)21(18,19)15-11(13(16)17)7-20-12(15)8-4-5-8/h1-3,6,8,11-12H,4-5,7H2,(H,16,17). The van der Waals surface area contributed by atoms with Crippen LogP contribution in [0.15, 0.2) is 29.2 Å². The van der Waals surface area contributed by atoms with E-state index >= 15 is 0 Å². The molecule has 0 spiro atoms. The van der Waals surface area contributed by atoms with Gasteiger partial charge < -0.3 is 5.11 Å². The predicted octanol–water partition coefficient (Wildman–Crippen LogP) is 1.75. The predicted molar refractivity (Wildman–Crippen MR) is 75.8 cm³/mol. The summed E-state index contributed by atoms with van der Waals surface area (Å²) in [5.41, 5.74) is 0. The molecule has 1 aromatic rings. The Hall–Kier alpha value is -1.12. The first-order valence-corrected chi connectivity index (χ1v) is 9.03. The van der Waals surface area contributed by atoms with E-state index in [1.807, 2.05) is 0 Å². The number of carbonyl (C=O) groups is 1. The van der Waals surface area contributed by atoms with Crippen LogP contribution in [-0.2, 0) is 14.8 Å². The lowest BCUT2D eigenvalue weighted by Gasteiger charge is -2.26. The van der Waals surface area contributed by atoms with Crippen molar-refractivity contribution in [3.63, 3.8) is 0 Å². The summed E-state index contributed by atoms with van der Waals surface area (Å²) in [4.78, 5) is 11.2. The van der Waals surface area contributed by atoms with Crippen LogP contribution in [0.1, 0.15) is 12.8 Å². The van der Waals surface area contributed by atoms with Gasteiger partial charge in [0.2, 0.25) is 10.0 Å². The van der Waals surface area contributed by atoms with Crippen LogP contribution in [0.2, 0.25) is 0 Å². The number of aliphatic carboxylic acids is 1. The van der Waals surface area contributed by atoms with Crippen molar-refractivity contribution in [3.8, 4) is 0 Å². The van der Waals surface area contributed by atoms with Crippen LogP contribution in [0.3, 0.4) is 0 Å². The fourth-order valence-corrected chi connectivity index (χ4v) is 6.31. The van der Waals surface area contributed by atoms with Crippen molar-refractivity contribution in [1.82, 2.24) is 4.31 Å². The van der Waals surface area contributed by atoms with Crippen LogP contribution in [-0.4, -0.2) is 41.0 Å². The molecule has 1 N–H and O–H groups in total. The second kappa shape index (κ2) is 5.26. The molecule has 1 saturated carbocycles. The van der Waals surface area contributed by atoms with Crippen molar-refractivity contribution in [3.05, 3.63) is 30.1 Å². The van der Waals surface area contributed by atoms with Gasteiger partial charge >= 0.3 is 5.97 Å². The van der Waals surface area contributed by atoms with Crippen molar-refractivity contribution >= 4 is 27.8 Å². The lowest BCUT2D eigenvalue weighted by molar-refractivity contribution is -0.140. The Balaban J connectivity index is 2.02. The molecule has 2 fully saturated rings. The zero-order valence-electron chi connectivity index (χ0n) is 11.0. The summed E-state index contributed by atoms with van der Waals surface area (Å²) in [5, 5.41) is 8.91. The van der Waals surface area contributed by atoms with Gasteiger partial charge in [-0.15, -0.1) is 11.8 Å². The number of hydrogen-bond donors (Lipinski definition) is 1. The molecule has 2 atom stereocenters. The second-order valence-corrected chi connectivity index (χ2v) is 8.20. The van der Waals surface area contributed by atoms with Gasteiger partial charge in [0.1, 0.15) is 11.9 Å². The summed E-state index contributed by atoms with van der Waals surface area (Å²) >= 11 is 1.36. The monoisotopic (exact) mass is 331 g/mol. The maximum atomic E-state index is 13.3. The summed E-state index contributed by atoms with van der Waals surface area (Å²) in [6, 6.07) is 3.61. The molecule has 0 radical (unpaired) electrons. The fourth-order valence-electron chi connectivity index (χ4n) is 2.47. The second-order valence-electron chi connectivity index (χ2n) is 5.21. The number of nitrogens with zero attached hydrogens (tertiary/aromatic N) is 1. The zero-order chi connectivity index (χ0) is 15.2. The van der Waals surface area contributed by atoms with E-state index < -0.39 is 27.9 Å². The van der Waals surface area contributed by atoms with Crippen LogP contribution >= 0.6 is 11.8 Å². The van der Waals surface area contributed by atoms with Crippen LogP contribution in [0.5, 0.6) is 0 Å². The maximum absolute atomic E-state index is 13.3. The molecule has 0 bridgehead atoms. The number of halogens is 1. The third-order valence-corrected chi connectivity index (χ3v) is 7.15. The van der Waals surface area contributed by atoms with Gasteiger partial charge in [-0.2, -0.15) is 4.31 Å². The van der Waals surface area contributed by atoms with Crippen LogP contribution in [0, 0.1) is 11.7 Å². The summed E-state index contributed by atoms with van der Waals surface area (Å²) < 4.78 is 39.8. The van der Waals surface area contributed by atoms with Gasteiger partial charge in [0.25, 0.3) is 0 Å². The minimum Gasteiger partial charge on any atom is -0.480 e. The largest absolute Gasteiger partial charge is 0.480 e. The molecule has 1 aromatic carbocycles. The molecule has 0 amide bonds. The first-order valence-electron chi connectivity index (χ1n) is 6.55. The highest BCUT2D eigenvalue weighted by Crippen LogP contribution is 2.47. The molecule has 0 aromatic heterocycles. The van der Waals surface area contributed by atoms with E-state index in [1.165, 1.54) is 23.9 Å². The Bertz CT molecular complexity index is 675. The van der Waals surface area contributed by atoms with Crippen molar-refractivity contribution in [2.75, 3.05) is 5.75 Å². The van der Waals surface area contributed by atoms with E-state index in [4.69, 9.17) is 0 Å². The smallest absolute Gasteiger partial charge is 0.322 e. The first kappa shape index (κ1) is 14.8. The van der Waals surface area contributed by atoms with Gasteiger partial charge in [-0.05, 0) is 37.0 Å². The molecular weight excluding hydrogens is 317 g/mol. The Kier molecular flexibility index (Phi) is 3.71. The van der Waals surface area contributed by atoms with E-state index in [1.54, 1.807) is 0 Å². The van der Waals surface area contributed by atoms with Crippen molar-refractivity contribution < 1.29 is 22.7 Å². The quantitative estimate of drug-likeness (QED) is 0.910. The average Bonchev–Trinajstić information content (AvgIpc) is 3.16. The van der Waals surface area contributed by atoms with Crippen molar-refractivity contribution in [2.24, 2.45) is 5.92 Å².